The van der Waals surface area contributed by atoms with Crippen LogP contribution < -0.4 is 0 Å². The monoisotopic (exact) mass is 369 g/mol. The van der Waals surface area contributed by atoms with E-state index in [1.165, 1.54) is 12.1 Å². The molecule has 1 aromatic carbocycles. The van der Waals surface area contributed by atoms with Crippen LogP contribution in [0.4, 0.5) is 0 Å². The van der Waals surface area contributed by atoms with E-state index in [0.717, 1.165) is 5.56 Å². The van der Waals surface area contributed by atoms with Gasteiger partial charge in [-0.15, -0.1) is 0 Å². The number of hydrogen-bond donors (Lipinski definition) is 0. The normalized spacial score (nSPS) is 22.0. The summed E-state index contributed by atoms with van der Waals surface area (Å²) < 4.78 is 7.54. The molecular formula is C19H19N3O5. The van der Waals surface area contributed by atoms with Gasteiger partial charge in [-0.1, -0.05) is 17.2 Å². The summed E-state index contributed by atoms with van der Waals surface area (Å²) in [6, 6.07) is 6.39. The Kier molecular flexibility index (Phi) is 4.49. The molecule has 2 atom stereocenters. The summed E-state index contributed by atoms with van der Waals surface area (Å²) in [6.45, 7) is 3.20. The van der Waals surface area contributed by atoms with Gasteiger partial charge in [0, 0.05) is 24.9 Å². The Balaban J connectivity index is 1.53. The molecule has 2 aliphatic heterocycles. The van der Waals surface area contributed by atoms with E-state index in [-0.39, 0.29) is 11.1 Å². The zero-order valence-electron chi connectivity index (χ0n) is 14.8. The van der Waals surface area contributed by atoms with E-state index < -0.39 is 29.8 Å². The van der Waals surface area contributed by atoms with Crippen LogP contribution in [-0.4, -0.2) is 39.2 Å². The number of rotatable bonds is 4. The number of aryl methyl sites for hydroxylation is 1. The van der Waals surface area contributed by atoms with Gasteiger partial charge in [0.25, 0.3) is 11.8 Å². The van der Waals surface area contributed by atoms with Crippen LogP contribution in [0.3, 0.4) is 0 Å². The van der Waals surface area contributed by atoms with Crippen LogP contribution in [0.1, 0.15) is 52.1 Å². The Morgan fingerprint density at radius 1 is 1.26 bits per heavy atom. The van der Waals surface area contributed by atoms with E-state index in [2.05, 4.69) is 5.10 Å². The van der Waals surface area contributed by atoms with Crippen molar-refractivity contribution in [1.82, 2.24) is 14.8 Å². The first-order chi connectivity index (χ1) is 13.1. The second-order valence-electron chi connectivity index (χ2n) is 6.53. The maximum Gasteiger partial charge on any atom is 0.339 e. The third kappa shape index (κ3) is 3.02. The van der Waals surface area contributed by atoms with Gasteiger partial charge in [0.15, 0.2) is 0 Å². The van der Waals surface area contributed by atoms with Crippen molar-refractivity contribution in [3.63, 3.8) is 0 Å². The molecule has 8 nitrogen and oxygen atoms in total. The number of amides is 2. The fourth-order valence-electron chi connectivity index (χ4n) is 3.46. The van der Waals surface area contributed by atoms with Crippen LogP contribution in [0, 0.1) is 5.92 Å². The number of carbonyl (C=O) groups excluding carboxylic acids is 3. The highest BCUT2D eigenvalue weighted by molar-refractivity contribution is 6.20. The lowest BCUT2D eigenvalue weighted by Gasteiger charge is -2.30. The summed E-state index contributed by atoms with van der Waals surface area (Å²) in [6.07, 6.45) is 4.23. The van der Waals surface area contributed by atoms with Crippen LogP contribution in [-0.2, 0) is 20.9 Å². The molecule has 0 bridgehead atoms. The number of carbonyl (C=O) groups is 3. The summed E-state index contributed by atoms with van der Waals surface area (Å²) in [4.78, 5) is 42.8. The summed E-state index contributed by atoms with van der Waals surface area (Å²) in [5.41, 5.74) is 1.24. The molecule has 0 unspecified atom stereocenters. The minimum atomic E-state index is -0.654. The number of aromatic nitrogens is 2. The fraction of sp³-hybridized carbons (Fsp3) is 0.368. The topological polar surface area (TPSA) is 90.7 Å². The minimum Gasteiger partial charge on any atom is -0.373 e. The van der Waals surface area contributed by atoms with Crippen molar-refractivity contribution in [2.75, 3.05) is 6.61 Å². The number of fused-ring (bicyclic) bond motifs is 1. The van der Waals surface area contributed by atoms with Gasteiger partial charge in [-0.25, -0.2) is 4.79 Å². The molecule has 1 aromatic heterocycles. The van der Waals surface area contributed by atoms with Crippen LogP contribution in [0.25, 0.3) is 0 Å². The maximum atomic E-state index is 12.8. The molecule has 2 aromatic rings. The molecule has 0 N–H and O–H groups in total. The molecule has 2 aliphatic rings. The molecule has 0 aliphatic carbocycles. The fourth-order valence-corrected chi connectivity index (χ4v) is 3.46. The average molecular weight is 369 g/mol. The lowest BCUT2D eigenvalue weighted by atomic mass is 9.91. The van der Waals surface area contributed by atoms with Crippen LogP contribution in [0.15, 0.2) is 36.7 Å². The van der Waals surface area contributed by atoms with Gasteiger partial charge >= 0.3 is 5.97 Å². The van der Waals surface area contributed by atoms with E-state index in [9.17, 15) is 14.4 Å². The number of imide groups is 1. The van der Waals surface area contributed by atoms with Crippen molar-refractivity contribution in [1.29, 1.82) is 0 Å². The second-order valence-corrected chi connectivity index (χ2v) is 6.53. The van der Waals surface area contributed by atoms with Gasteiger partial charge in [-0.05, 0) is 31.9 Å². The highest BCUT2D eigenvalue weighted by Crippen LogP contribution is 2.35. The molecule has 0 radical (unpaired) electrons. The van der Waals surface area contributed by atoms with E-state index in [4.69, 9.17) is 9.57 Å². The van der Waals surface area contributed by atoms with Gasteiger partial charge in [-0.3, -0.25) is 14.3 Å². The quantitative estimate of drug-likeness (QED) is 0.767. The maximum absolute atomic E-state index is 12.8. The molecule has 4 rings (SSSR count). The Bertz CT molecular complexity index is 871. The van der Waals surface area contributed by atoms with E-state index in [1.807, 2.05) is 13.1 Å². The zero-order chi connectivity index (χ0) is 19.0. The van der Waals surface area contributed by atoms with E-state index in [0.29, 0.717) is 31.1 Å². The van der Waals surface area contributed by atoms with Crippen molar-refractivity contribution in [2.24, 2.45) is 5.92 Å². The largest absolute Gasteiger partial charge is 0.373 e. The third-order valence-corrected chi connectivity index (χ3v) is 4.87. The summed E-state index contributed by atoms with van der Waals surface area (Å²) in [5, 5.41) is 4.77. The first kappa shape index (κ1) is 17.4. The zero-order valence-corrected chi connectivity index (χ0v) is 14.8. The molecule has 2 amide bonds. The predicted molar refractivity (Wildman–Crippen MR) is 92.4 cm³/mol. The second kappa shape index (κ2) is 6.96. The van der Waals surface area contributed by atoms with Gasteiger partial charge in [-0.2, -0.15) is 5.10 Å². The van der Waals surface area contributed by atoms with Gasteiger partial charge in [0.05, 0.1) is 29.3 Å². The highest BCUT2D eigenvalue weighted by atomic mass is 16.7. The van der Waals surface area contributed by atoms with Crippen molar-refractivity contribution in [2.45, 2.75) is 32.4 Å². The number of hydrogen-bond acceptors (Lipinski definition) is 6. The molecule has 1 fully saturated rings. The SMILES string of the molecule is CCn1cc([C@@H]2OCCC[C@H]2C(=O)ON2C(=O)c3ccccc3C2=O)cn1. The van der Waals surface area contributed by atoms with Gasteiger partial charge in [0.2, 0.25) is 0 Å². The molecule has 27 heavy (non-hydrogen) atoms. The van der Waals surface area contributed by atoms with Gasteiger partial charge in [0.1, 0.15) is 0 Å². The highest BCUT2D eigenvalue weighted by Gasteiger charge is 2.42. The Morgan fingerprint density at radius 2 is 1.96 bits per heavy atom. The smallest absolute Gasteiger partial charge is 0.339 e. The molecule has 3 heterocycles. The molecule has 1 saturated heterocycles. The number of ether oxygens (including phenoxy) is 1. The average Bonchev–Trinajstić information content (AvgIpc) is 3.28. The third-order valence-electron chi connectivity index (χ3n) is 4.87. The predicted octanol–water partition coefficient (Wildman–Crippen LogP) is 2.13. The first-order valence-electron chi connectivity index (χ1n) is 8.93. The molecular weight excluding hydrogens is 350 g/mol. The Hall–Kier alpha value is -3.00. The molecule has 140 valence electrons. The van der Waals surface area contributed by atoms with Crippen molar-refractivity contribution in [3.05, 3.63) is 53.3 Å². The van der Waals surface area contributed by atoms with E-state index in [1.54, 1.807) is 23.0 Å². The standard InChI is InChI=1S/C19H19N3O5/c1-2-21-11-12(10-20-21)16-15(8-5-9-26-16)19(25)27-22-17(23)13-6-3-4-7-14(13)18(22)24/h3-4,6-7,10-11,15-16H,2,5,8-9H2,1H3/t15-,16+/m1/s1. The first-order valence-corrected chi connectivity index (χ1v) is 8.93. The summed E-state index contributed by atoms with van der Waals surface area (Å²) >= 11 is 0. The van der Waals surface area contributed by atoms with Crippen molar-refractivity contribution >= 4 is 17.8 Å². The van der Waals surface area contributed by atoms with E-state index >= 15 is 0 Å². The Morgan fingerprint density at radius 3 is 2.59 bits per heavy atom. The molecule has 0 saturated carbocycles. The van der Waals surface area contributed by atoms with Crippen LogP contribution in [0.2, 0.25) is 0 Å². The van der Waals surface area contributed by atoms with Crippen LogP contribution >= 0.6 is 0 Å². The molecule has 8 heteroatoms. The number of nitrogens with zero attached hydrogens (tertiary/aromatic N) is 3. The lowest BCUT2D eigenvalue weighted by Crippen LogP contribution is -2.38. The van der Waals surface area contributed by atoms with Crippen molar-refractivity contribution in [3.8, 4) is 0 Å². The Labute approximate surface area is 155 Å². The number of hydroxylamine groups is 2. The van der Waals surface area contributed by atoms with Gasteiger partial charge < -0.3 is 9.57 Å². The molecule has 0 spiro atoms. The lowest BCUT2D eigenvalue weighted by molar-refractivity contribution is -0.183. The number of benzene rings is 1. The summed E-state index contributed by atoms with van der Waals surface area (Å²) in [5.74, 6) is -2.52. The minimum absolute atomic E-state index is 0.232. The van der Waals surface area contributed by atoms with Crippen molar-refractivity contribution < 1.29 is 24.0 Å². The summed E-state index contributed by atoms with van der Waals surface area (Å²) in [7, 11) is 0. The van der Waals surface area contributed by atoms with Crippen LogP contribution in [0.5, 0.6) is 0 Å².